The van der Waals surface area contributed by atoms with Crippen molar-refractivity contribution in [2.45, 2.75) is 46.1 Å². The van der Waals surface area contributed by atoms with Crippen molar-refractivity contribution < 1.29 is 24.3 Å². The Hall–Kier alpha value is -3.20. The summed E-state index contributed by atoms with van der Waals surface area (Å²) in [7, 11) is 0. The summed E-state index contributed by atoms with van der Waals surface area (Å²) in [5.74, 6) is 1.27. The molecule has 1 aliphatic rings. The number of nitro groups is 1. The summed E-state index contributed by atoms with van der Waals surface area (Å²) >= 11 is 0. The van der Waals surface area contributed by atoms with Crippen LogP contribution in [0.4, 0.5) is 11.5 Å². The van der Waals surface area contributed by atoms with Gasteiger partial charge in [-0.2, -0.15) is 4.98 Å². The lowest BCUT2D eigenvalue weighted by atomic mass is 9.72. The Kier molecular flexibility index (Phi) is 8.21. The van der Waals surface area contributed by atoms with Gasteiger partial charge in [0.1, 0.15) is 5.75 Å². The average molecular weight is 458 g/mol. The molecule has 9 nitrogen and oxygen atoms in total. The van der Waals surface area contributed by atoms with E-state index >= 15 is 0 Å². The molecular weight excluding hydrogens is 426 g/mol. The van der Waals surface area contributed by atoms with Crippen molar-refractivity contribution in [1.82, 2.24) is 4.98 Å². The minimum atomic E-state index is -1.04. The number of rotatable bonds is 10. The van der Waals surface area contributed by atoms with Gasteiger partial charge < -0.3 is 19.9 Å². The molecule has 3 rings (SSSR count). The maximum Gasteiger partial charge on any atom is 0.335 e. The number of aromatic nitrogens is 1. The van der Waals surface area contributed by atoms with Crippen LogP contribution in [0.15, 0.2) is 36.4 Å². The third kappa shape index (κ3) is 6.41. The first kappa shape index (κ1) is 24.4. The van der Waals surface area contributed by atoms with Crippen LogP contribution in [0.1, 0.15) is 50.4 Å². The number of aromatic carboxylic acids is 1. The number of nitrogens with zero attached hydrogens (tertiary/aromatic N) is 2. The van der Waals surface area contributed by atoms with Crippen LogP contribution < -0.4 is 10.1 Å². The topological polar surface area (TPSA) is 124 Å². The van der Waals surface area contributed by atoms with Crippen molar-refractivity contribution in [2.75, 3.05) is 18.5 Å². The number of carbonyl (C=O) groups is 1. The molecule has 2 aromatic rings. The number of nitrogens with one attached hydrogen (secondary N) is 1. The van der Waals surface area contributed by atoms with Crippen LogP contribution in [0.3, 0.4) is 0 Å². The van der Waals surface area contributed by atoms with Gasteiger partial charge in [-0.3, -0.25) is 10.1 Å². The van der Waals surface area contributed by atoms with Gasteiger partial charge in [0.15, 0.2) is 0 Å². The van der Waals surface area contributed by atoms with Crippen LogP contribution in [0.5, 0.6) is 11.6 Å². The first-order valence-electron chi connectivity index (χ1n) is 11.3. The molecule has 0 aliphatic heterocycles. The van der Waals surface area contributed by atoms with Gasteiger partial charge in [-0.15, -0.1) is 0 Å². The van der Waals surface area contributed by atoms with Crippen molar-refractivity contribution >= 4 is 17.5 Å². The maximum atomic E-state index is 11.4. The predicted octanol–water partition coefficient (Wildman–Crippen LogP) is 5.37. The van der Waals surface area contributed by atoms with E-state index in [0.717, 1.165) is 12.8 Å². The SMILES string of the molecule is CC(C)C1C(C)CCCC1OCCNc1nc(Oc2ccc(C(=O)O)cc2)ccc1[N+](=O)[O-]. The Morgan fingerprint density at radius 3 is 2.61 bits per heavy atom. The lowest BCUT2D eigenvalue weighted by Crippen LogP contribution is -2.37. The summed E-state index contributed by atoms with van der Waals surface area (Å²) in [6.07, 6.45) is 3.61. The number of carboxylic acid groups (broad SMARTS) is 1. The smallest absolute Gasteiger partial charge is 0.335 e. The molecule has 9 heteroatoms. The molecule has 0 spiro atoms. The molecule has 3 unspecified atom stereocenters. The highest BCUT2D eigenvalue weighted by Crippen LogP contribution is 2.36. The first-order chi connectivity index (χ1) is 15.8. The Labute approximate surface area is 193 Å². The molecule has 0 saturated heterocycles. The minimum absolute atomic E-state index is 0.0978. The highest BCUT2D eigenvalue weighted by atomic mass is 16.6. The number of ether oxygens (including phenoxy) is 2. The molecule has 3 atom stereocenters. The number of hydrogen-bond acceptors (Lipinski definition) is 7. The largest absolute Gasteiger partial charge is 0.478 e. The van der Waals surface area contributed by atoms with Crippen molar-refractivity contribution in [3.8, 4) is 11.6 Å². The third-order valence-electron chi connectivity index (χ3n) is 6.10. The van der Waals surface area contributed by atoms with Gasteiger partial charge >= 0.3 is 11.7 Å². The maximum absolute atomic E-state index is 11.4. The second kappa shape index (κ2) is 11.1. The third-order valence-corrected chi connectivity index (χ3v) is 6.10. The standard InChI is InChI=1S/C24H31N3O6/c1-15(2)22-16(3)5-4-6-20(22)32-14-13-25-23-19(27(30)31)11-12-21(26-23)33-18-9-7-17(8-10-18)24(28)29/h7-12,15-16,20,22H,4-6,13-14H2,1-3H3,(H,25,26)(H,28,29). The van der Waals surface area contributed by atoms with E-state index in [0.29, 0.717) is 36.7 Å². The van der Waals surface area contributed by atoms with Gasteiger partial charge in [0.05, 0.1) is 23.2 Å². The zero-order valence-corrected chi connectivity index (χ0v) is 19.2. The van der Waals surface area contributed by atoms with Crippen LogP contribution >= 0.6 is 0 Å². The summed E-state index contributed by atoms with van der Waals surface area (Å²) < 4.78 is 11.8. The molecule has 2 N–H and O–H groups in total. The van der Waals surface area contributed by atoms with E-state index in [1.54, 1.807) is 0 Å². The normalized spacial score (nSPS) is 20.4. The molecule has 178 valence electrons. The fourth-order valence-electron chi connectivity index (χ4n) is 4.61. The fourth-order valence-corrected chi connectivity index (χ4v) is 4.61. The van der Waals surface area contributed by atoms with Gasteiger partial charge in [-0.25, -0.2) is 4.79 Å². The average Bonchev–Trinajstić information content (AvgIpc) is 2.77. The van der Waals surface area contributed by atoms with E-state index in [-0.39, 0.29) is 29.1 Å². The molecule has 1 heterocycles. The molecule has 0 amide bonds. The van der Waals surface area contributed by atoms with E-state index in [1.165, 1.54) is 42.8 Å². The fraction of sp³-hybridized carbons (Fsp3) is 0.500. The van der Waals surface area contributed by atoms with Gasteiger partial charge in [0, 0.05) is 18.7 Å². The monoisotopic (exact) mass is 457 g/mol. The van der Waals surface area contributed by atoms with E-state index in [2.05, 4.69) is 31.1 Å². The number of carboxylic acids is 1. The lowest BCUT2D eigenvalue weighted by Gasteiger charge is -2.39. The number of pyridine rings is 1. The quantitative estimate of drug-likeness (QED) is 0.277. The summed E-state index contributed by atoms with van der Waals surface area (Å²) in [6, 6.07) is 8.57. The highest BCUT2D eigenvalue weighted by Gasteiger charge is 2.33. The van der Waals surface area contributed by atoms with E-state index in [4.69, 9.17) is 14.6 Å². The van der Waals surface area contributed by atoms with Gasteiger partial charge in [0.25, 0.3) is 0 Å². The van der Waals surface area contributed by atoms with Crippen molar-refractivity contribution in [3.05, 3.63) is 52.1 Å². The summed E-state index contributed by atoms with van der Waals surface area (Å²) in [6.45, 7) is 7.54. The van der Waals surface area contributed by atoms with Gasteiger partial charge in [0.2, 0.25) is 11.7 Å². The van der Waals surface area contributed by atoms with Gasteiger partial charge in [-0.1, -0.05) is 33.6 Å². The summed E-state index contributed by atoms with van der Waals surface area (Å²) in [4.78, 5) is 26.1. The molecule has 0 bridgehead atoms. The lowest BCUT2D eigenvalue weighted by molar-refractivity contribution is -0.384. The summed E-state index contributed by atoms with van der Waals surface area (Å²) in [5.41, 5.74) is -0.0247. The van der Waals surface area contributed by atoms with Crippen LogP contribution in [0.25, 0.3) is 0 Å². The molecule has 1 saturated carbocycles. The van der Waals surface area contributed by atoms with Crippen molar-refractivity contribution in [1.29, 1.82) is 0 Å². The van der Waals surface area contributed by atoms with E-state index in [1.807, 2.05) is 0 Å². The number of anilines is 1. The molecular formula is C24H31N3O6. The second-order valence-corrected chi connectivity index (χ2v) is 8.77. The molecule has 1 aromatic heterocycles. The number of hydrogen-bond donors (Lipinski definition) is 2. The molecule has 0 radical (unpaired) electrons. The van der Waals surface area contributed by atoms with Crippen molar-refractivity contribution in [2.24, 2.45) is 17.8 Å². The Morgan fingerprint density at radius 2 is 1.97 bits per heavy atom. The zero-order valence-electron chi connectivity index (χ0n) is 19.2. The van der Waals surface area contributed by atoms with E-state index < -0.39 is 10.9 Å². The Morgan fingerprint density at radius 1 is 1.24 bits per heavy atom. The number of benzene rings is 1. The highest BCUT2D eigenvalue weighted by molar-refractivity contribution is 5.87. The second-order valence-electron chi connectivity index (χ2n) is 8.77. The first-order valence-corrected chi connectivity index (χ1v) is 11.3. The summed E-state index contributed by atoms with van der Waals surface area (Å²) in [5, 5.41) is 23.4. The molecule has 1 aliphatic carbocycles. The van der Waals surface area contributed by atoms with Crippen LogP contribution in [0, 0.1) is 27.9 Å². The molecule has 33 heavy (non-hydrogen) atoms. The van der Waals surface area contributed by atoms with Crippen LogP contribution in [-0.2, 0) is 4.74 Å². The predicted molar refractivity (Wildman–Crippen MR) is 124 cm³/mol. The Bertz CT molecular complexity index is 963. The van der Waals surface area contributed by atoms with Crippen LogP contribution in [-0.4, -0.2) is 40.2 Å². The van der Waals surface area contributed by atoms with Gasteiger partial charge in [-0.05, 0) is 48.4 Å². The Balaban J connectivity index is 1.62. The molecule has 1 aromatic carbocycles. The molecule has 1 fully saturated rings. The van der Waals surface area contributed by atoms with Crippen molar-refractivity contribution in [3.63, 3.8) is 0 Å². The zero-order chi connectivity index (χ0) is 24.0. The van der Waals surface area contributed by atoms with E-state index in [9.17, 15) is 14.9 Å². The van der Waals surface area contributed by atoms with Crippen LogP contribution in [0.2, 0.25) is 0 Å². The minimum Gasteiger partial charge on any atom is -0.478 e.